The maximum atomic E-state index is 13.1. The van der Waals surface area contributed by atoms with Crippen molar-refractivity contribution in [3.05, 3.63) is 42.2 Å². The first-order chi connectivity index (χ1) is 16.0. The highest BCUT2D eigenvalue weighted by atomic mass is 32.2. The van der Waals surface area contributed by atoms with E-state index >= 15 is 0 Å². The maximum Gasteiger partial charge on any atom is 0.237 e. The second-order valence-electron chi connectivity index (χ2n) is 7.25. The largest absolute Gasteiger partial charge is 0.497 e. The minimum absolute atomic E-state index is 0.130. The van der Waals surface area contributed by atoms with E-state index in [1.807, 2.05) is 38.1 Å². The van der Waals surface area contributed by atoms with Crippen molar-refractivity contribution in [1.82, 2.24) is 19.6 Å². The highest BCUT2D eigenvalue weighted by Crippen LogP contribution is 2.35. The molecule has 4 aromatic rings. The van der Waals surface area contributed by atoms with Crippen LogP contribution in [0.2, 0.25) is 0 Å². The quantitative estimate of drug-likeness (QED) is 0.305. The molecule has 2 heterocycles. The minimum atomic E-state index is -0.394. The number of nitrogens with zero attached hydrogens (tertiary/aromatic N) is 4. The Morgan fingerprint density at radius 3 is 2.55 bits per heavy atom. The lowest BCUT2D eigenvalue weighted by atomic mass is 10.2. The zero-order valence-electron chi connectivity index (χ0n) is 19.1. The van der Waals surface area contributed by atoms with Gasteiger partial charge in [0.2, 0.25) is 5.91 Å². The van der Waals surface area contributed by atoms with Gasteiger partial charge in [0, 0.05) is 23.2 Å². The molecule has 1 N–H and O–H groups in total. The first-order valence-electron chi connectivity index (χ1n) is 10.4. The van der Waals surface area contributed by atoms with Crippen LogP contribution in [-0.4, -0.2) is 52.1 Å². The van der Waals surface area contributed by atoms with Crippen LogP contribution in [0.4, 0.5) is 5.69 Å². The Morgan fingerprint density at radius 1 is 1.09 bits per heavy atom. The molecule has 33 heavy (non-hydrogen) atoms. The zero-order chi connectivity index (χ0) is 23.5. The van der Waals surface area contributed by atoms with Gasteiger partial charge in [0.15, 0.2) is 22.3 Å². The Bertz CT molecular complexity index is 1320. The maximum absolute atomic E-state index is 13.1. The summed E-state index contributed by atoms with van der Waals surface area (Å²) in [6.07, 6.45) is 0.599. The van der Waals surface area contributed by atoms with Crippen molar-refractivity contribution in [2.45, 2.75) is 30.7 Å². The number of hydrogen-bond donors (Lipinski definition) is 1. The number of thioether (sulfide) groups is 1. The molecule has 172 valence electrons. The Kier molecular flexibility index (Phi) is 6.55. The molecule has 0 saturated heterocycles. The predicted molar refractivity (Wildman–Crippen MR) is 128 cm³/mol. The first-order valence-corrected chi connectivity index (χ1v) is 11.3. The first kappa shape index (κ1) is 22.7. The molecule has 0 bridgehead atoms. The smallest absolute Gasteiger partial charge is 0.237 e. The molecule has 0 saturated carbocycles. The Morgan fingerprint density at radius 2 is 1.85 bits per heavy atom. The van der Waals surface area contributed by atoms with Gasteiger partial charge >= 0.3 is 0 Å². The van der Waals surface area contributed by atoms with Gasteiger partial charge in [0.05, 0.1) is 32.1 Å². The number of methoxy groups -OCH3 is 3. The van der Waals surface area contributed by atoms with Crippen molar-refractivity contribution in [2.24, 2.45) is 0 Å². The summed E-state index contributed by atoms with van der Waals surface area (Å²) in [5.41, 5.74) is 1.99. The van der Waals surface area contributed by atoms with Crippen molar-refractivity contribution in [3.8, 4) is 17.2 Å². The number of fused-ring (bicyclic) bond motifs is 3. The van der Waals surface area contributed by atoms with Gasteiger partial charge in [-0.25, -0.2) is 9.97 Å². The van der Waals surface area contributed by atoms with Crippen LogP contribution in [0.3, 0.4) is 0 Å². The van der Waals surface area contributed by atoms with E-state index in [9.17, 15) is 4.79 Å². The van der Waals surface area contributed by atoms with E-state index in [-0.39, 0.29) is 5.91 Å². The summed E-state index contributed by atoms with van der Waals surface area (Å²) < 4.78 is 17.8. The fourth-order valence-corrected chi connectivity index (χ4v) is 4.43. The summed E-state index contributed by atoms with van der Waals surface area (Å²) in [6, 6.07) is 10.9. The number of amides is 1. The van der Waals surface area contributed by atoms with Gasteiger partial charge in [-0.2, -0.15) is 4.52 Å². The second kappa shape index (κ2) is 9.53. The van der Waals surface area contributed by atoms with Crippen LogP contribution in [0.5, 0.6) is 17.2 Å². The number of aryl methyl sites for hydroxylation is 1. The average molecular weight is 468 g/mol. The standard InChI is InChI=1S/C23H25N5O4S/c1-6-20(22(29)25-14-8-7-9-15(10-14)30-3)33-23-26-17-12-19(32-5)18(31-4)11-16(17)21-24-13(2)27-28(21)23/h7-12,20H,6H2,1-5H3,(H,25,29)/t20-/m0/s1. The van der Waals surface area contributed by atoms with E-state index < -0.39 is 5.25 Å². The molecule has 0 unspecified atom stereocenters. The van der Waals surface area contributed by atoms with E-state index in [2.05, 4.69) is 15.4 Å². The summed E-state index contributed by atoms with van der Waals surface area (Å²) in [5, 5.41) is 8.44. The molecule has 4 rings (SSSR count). The van der Waals surface area contributed by atoms with Gasteiger partial charge in [0.25, 0.3) is 0 Å². The molecule has 9 nitrogen and oxygen atoms in total. The highest BCUT2D eigenvalue weighted by Gasteiger charge is 2.23. The Hall–Kier alpha value is -3.53. The third-order valence-electron chi connectivity index (χ3n) is 5.10. The summed E-state index contributed by atoms with van der Waals surface area (Å²) in [4.78, 5) is 22.4. The van der Waals surface area contributed by atoms with E-state index in [4.69, 9.17) is 19.2 Å². The van der Waals surface area contributed by atoms with Crippen molar-refractivity contribution < 1.29 is 19.0 Å². The summed E-state index contributed by atoms with van der Waals surface area (Å²) in [7, 11) is 4.75. The molecule has 0 aliphatic rings. The number of hydrogen-bond acceptors (Lipinski definition) is 8. The van der Waals surface area contributed by atoms with Crippen LogP contribution >= 0.6 is 11.8 Å². The van der Waals surface area contributed by atoms with Gasteiger partial charge in [-0.1, -0.05) is 24.8 Å². The van der Waals surface area contributed by atoms with Crippen LogP contribution < -0.4 is 19.5 Å². The summed E-state index contributed by atoms with van der Waals surface area (Å²) >= 11 is 1.34. The van der Waals surface area contributed by atoms with Crippen molar-refractivity contribution in [1.29, 1.82) is 0 Å². The second-order valence-corrected chi connectivity index (χ2v) is 8.42. The fourth-order valence-electron chi connectivity index (χ4n) is 3.46. The van der Waals surface area contributed by atoms with Crippen LogP contribution in [-0.2, 0) is 4.79 Å². The van der Waals surface area contributed by atoms with E-state index in [0.717, 1.165) is 5.39 Å². The average Bonchev–Trinajstić information content (AvgIpc) is 3.23. The highest BCUT2D eigenvalue weighted by molar-refractivity contribution is 8.00. The number of anilines is 1. The monoisotopic (exact) mass is 467 g/mol. The molecular weight excluding hydrogens is 442 g/mol. The molecule has 0 aliphatic heterocycles. The van der Waals surface area contributed by atoms with Gasteiger partial charge in [0.1, 0.15) is 11.6 Å². The Balaban J connectivity index is 1.71. The molecule has 0 fully saturated rings. The van der Waals surface area contributed by atoms with Crippen LogP contribution in [0.1, 0.15) is 19.2 Å². The lowest BCUT2D eigenvalue weighted by Crippen LogP contribution is -2.25. The minimum Gasteiger partial charge on any atom is -0.497 e. The molecule has 0 spiro atoms. The summed E-state index contributed by atoms with van der Waals surface area (Å²) in [6.45, 7) is 3.78. The van der Waals surface area contributed by atoms with Gasteiger partial charge in [-0.3, -0.25) is 4.79 Å². The van der Waals surface area contributed by atoms with E-state index in [0.29, 0.717) is 51.5 Å². The normalized spacial score (nSPS) is 12.0. The van der Waals surface area contributed by atoms with Crippen LogP contribution in [0.25, 0.3) is 16.6 Å². The van der Waals surface area contributed by atoms with Crippen LogP contribution in [0.15, 0.2) is 41.6 Å². The third-order valence-corrected chi connectivity index (χ3v) is 6.41. The third kappa shape index (κ3) is 4.51. The molecule has 1 amide bonds. The molecule has 2 aromatic carbocycles. The lowest BCUT2D eigenvalue weighted by Gasteiger charge is -2.16. The zero-order valence-corrected chi connectivity index (χ0v) is 19.9. The molecule has 1 atom stereocenters. The van der Waals surface area contributed by atoms with Crippen LogP contribution in [0, 0.1) is 6.92 Å². The SMILES string of the molecule is CC[C@H](Sc1nc2cc(OC)c(OC)cc2c2nc(C)nn12)C(=O)Nc1cccc(OC)c1. The number of nitrogens with one attached hydrogen (secondary N) is 1. The van der Waals surface area contributed by atoms with Gasteiger partial charge in [-0.15, -0.1) is 5.10 Å². The van der Waals surface area contributed by atoms with Gasteiger partial charge in [-0.05, 0) is 31.5 Å². The lowest BCUT2D eigenvalue weighted by molar-refractivity contribution is -0.115. The Labute approximate surface area is 195 Å². The molecule has 10 heteroatoms. The summed E-state index contributed by atoms with van der Waals surface area (Å²) in [5.74, 6) is 2.30. The molecule has 2 aromatic heterocycles. The number of carbonyl (C=O) groups excluding carboxylic acids is 1. The fraction of sp³-hybridized carbons (Fsp3) is 0.304. The van der Waals surface area contributed by atoms with Crippen molar-refractivity contribution in [2.75, 3.05) is 26.6 Å². The van der Waals surface area contributed by atoms with E-state index in [1.54, 1.807) is 38.0 Å². The molecule has 0 aliphatic carbocycles. The number of ether oxygens (including phenoxy) is 3. The van der Waals surface area contributed by atoms with Crippen molar-refractivity contribution in [3.63, 3.8) is 0 Å². The molecule has 0 radical (unpaired) electrons. The molecular formula is C23H25N5O4S. The number of aromatic nitrogens is 4. The number of rotatable bonds is 8. The predicted octanol–water partition coefficient (Wildman–Crippen LogP) is 4.12. The topological polar surface area (TPSA) is 99.9 Å². The number of benzene rings is 2. The van der Waals surface area contributed by atoms with Crippen molar-refractivity contribution >= 4 is 39.9 Å². The number of carbonyl (C=O) groups is 1. The van der Waals surface area contributed by atoms with Gasteiger partial charge < -0.3 is 19.5 Å². The van der Waals surface area contributed by atoms with E-state index in [1.165, 1.54) is 11.8 Å².